The minimum Gasteiger partial charge on any atom is -0.508 e. The molecule has 0 radical (unpaired) electrons. The number of phenolic OH excluding ortho intramolecular Hbond substituents is 2. The summed E-state index contributed by atoms with van der Waals surface area (Å²) in [5, 5.41) is 20.7. The Balaban J connectivity index is 1.71. The number of fused-ring (bicyclic) bond motifs is 2. The Morgan fingerprint density at radius 1 is 1.03 bits per heavy atom. The summed E-state index contributed by atoms with van der Waals surface area (Å²) >= 11 is 0. The van der Waals surface area contributed by atoms with Crippen LogP contribution in [0.2, 0.25) is 0 Å². The van der Waals surface area contributed by atoms with Gasteiger partial charge < -0.3 is 25.3 Å². The van der Waals surface area contributed by atoms with Crippen LogP contribution in [0.25, 0.3) is 28.1 Å². The van der Waals surface area contributed by atoms with Gasteiger partial charge >= 0.3 is 0 Å². The van der Waals surface area contributed by atoms with Gasteiger partial charge in [-0.1, -0.05) is 30.3 Å². The summed E-state index contributed by atoms with van der Waals surface area (Å²) in [7, 11) is 1.93. The van der Waals surface area contributed by atoms with Crippen molar-refractivity contribution in [1.29, 1.82) is 0 Å². The number of allylic oxidation sites excluding steroid dienone is 1. The molecule has 1 aliphatic rings. The quantitative estimate of drug-likeness (QED) is 0.342. The van der Waals surface area contributed by atoms with Crippen LogP contribution in [0, 0.1) is 0 Å². The van der Waals surface area contributed by atoms with Gasteiger partial charge in [-0.25, -0.2) is 0 Å². The molecule has 2 heterocycles. The highest BCUT2D eigenvalue weighted by atomic mass is 16.5. The number of aryl methyl sites for hydroxylation is 1. The summed E-state index contributed by atoms with van der Waals surface area (Å²) in [4.78, 5) is 12.8. The smallest absolute Gasteiger partial charge is 0.235 e. The maximum Gasteiger partial charge on any atom is 0.235 e. The zero-order chi connectivity index (χ0) is 21.0. The first-order valence-corrected chi connectivity index (χ1v) is 9.37. The molecule has 1 aliphatic heterocycles. The molecule has 0 saturated carbocycles. The summed E-state index contributed by atoms with van der Waals surface area (Å²) < 4.78 is 7.64. The third-order valence-electron chi connectivity index (χ3n) is 5.32. The normalized spacial score (nSPS) is 14.3. The number of aromatic nitrogens is 1. The molecule has 0 fully saturated rings. The van der Waals surface area contributed by atoms with Crippen molar-refractivity contribution in [1.82, 2.24) is 4.57 Å². The van der Waals surface area contributed by atoms with Crippen molar-refractivity contribution in [3.63, 3.8) is 0 Å². The van der Waals surface area contributed by atoms with E-state index >= 15 is 0 Å². The van der Waals surface area contributed by atoms with Gasteiger partial charge in [0.05, 0.1) is 0 Å². The van der Waals surface area contributed by atoms with Crippen LogP contribution in [-0.4, -0.2) is 20.6 Å². The first-order valence-electron chi connectivity index (χ1n) is 9.37. The second-order valence-corrected chi connectivity index (χ2v) is 7.26. The van der Waals surface area contributed by atoms with Gasteiger partial charge in [0.1, 0.15) is 22.8 Å². The molecule has 6 nitrogen and oxygen atoms in total. The highest BCUT2D eigenvalue weighted by molar-refractivity contribution is 6.17. The molecule has 5 rings (SSSR count). The van der Waals surface area contributed by atoms with Crippen LogP contribution in [0.4, 0.5) is 5.69 Å². The number of carbonyl (C=O) groups excluding carboxylic acids is 1. The maximum atomic E-state index is 12.8. The summed E-state index contributed by atoms with van der Waals surface area (Å²) in [5.74, 6) is -0.705. The second kappa shape index (κ2) is 6.42. The van der Waals surface area contributed by atoms with E-state index in [2.05, 4.69) is 0 Å². The Hall–Kier alpha value is -4.19. The average Bonchev–Trinajstić information content (AvgIpc) is 3.19. The first-order chi connectivity index (χ1) is 14.4. The molecule has 0 amide bonds. The largest absolute Gasteiger partial charge is 0.508 e. The number of carbonyl (C=O) groups is 1. The van der Waals surface area contributed by atoms with Crippen LogP contribution < -0.4 is 10.5 Å². The predicted molar refractivity (Wildman–Crippen MR) is 115 cm³/mol. The van der Waals surface area contributed by atoms with Crippen molar-refractivity contribution in [3.8, 4) is 28.4 Å². The number of aromatic hydroxyl groups is 2. The van der Waals surface area contributed by atoms with E-state index < -0.39 is 5.78 Å². The lowest BCUT2D eigenvalue weighted by Crippen LogP contribution is -1.98. The Kier molecular flexibility index (Phi) is 3.83. The predicted octanol–water partition coefficient (Wildman–Crippen LogP) is 4.45. The van der Waals surface area contributed by atoms with E-state index in [4.69, 9.17) is 10.5 Å². The van der Waals surface area contributed by atoms with Gasteiger partial charge in [-0.3, -0.25) is 4.79 Å². The monoisotopic (exact) mass is 398 g/mol. The molecular formula is C24H18N2O4. The third-order valence-corrected chi connectivity index (χ3v) is 5.32. The van der Waals surface area contributed by atoms with Gasteiger partial charge in [-0.15, -0.1) is 0 Å². The standard InChI is InChI=1S/C24H18N2O4/c1-26-12-13(9-21-24(29)23-19(28)10-14(27)11-20(23)30-21)22-16(6-4-8-18(22)26)15-5-2-3-7-17(15)25/h2-12,27-28H,25H2,1H3. The number of hydrogen-bond donors (Lipinski definition) is 3. The van der Waals surface area contributed by atoms with Crippen molar-refractivity contribution >= 4 is 28.4 Å². The lowest BCUT2D eigenvalue weighted by molar-refractivity contribution is 0.101. The average molecular weight is 398 g/mol. The van der Waals surface area contributed by atoms with Crippen LogP contribution in [-0.2, 0) is 7.05 Å². The molecule has 4 aromatic rings. The molecular weight excluding hydrogens is 380 g/mol. The number of benzene rings is 3. The van der Waals surface area contributed by atoms with Crippen molar-refractivity contribution in [2.45, 2.75) is 0 Å². The number of para-hydroxylation sites is 1. The first kappa shape index (κ1) is 17.9. The van der Waals surface area contributed by atoms with Crippen LogP contribution in [0.3, 0.4) is 0 Å². The van der Waals surface area contributed by atoms with Crippen molar-refractivity contribution in [3.05, 3.63) is 77.7 Å². The number of nitrogens with zero attached hydrogens (tertiary/aromatic N) is 1. The molecule has 1 aromatic heterocycles. The van der Waals surface area contributed by atoms with E-state index in [-0.39, 0.29) is 28.6 Å². The van der Waals surface area contributed by atoms with E-state index in [0.717, 1.165) is 33.7 Å². The number of anilines is 1. The fourth-order valence-corrected chi connectivity index (χ4v) is 3.98. The fourth-order valence-electron chi connectivity index (χ4n) is 3.98. The van der Waals surface area contributed by atoms with Gasteiger partial charge in [-0.05, 0) is 23.8 Å². The number of rotatable bonds is 2. The SMILES string of the molecule is Cn1cc(C=C2Oc3cc(O)cc(O)c3C2=O)c2c(-c3ccccc3N)cccc21. The van der Waals surface area contributed by atoms with Gasteiger partial charge in [0, 0.05) is 53.1 Å². The summed E-state index contributed by atoms with van der Waals surface area (Å²) in [6.07, 6.45) is 3.57. The van der Waals surface area contributed by atoms with E-state index in [1.807, 2.05) is 60.3 Å². The maximum absolute atomic E-state index is 12.8. The number of phenols is 2. The van der Waals surface area contributed by atoms with E-state index in [1.54, 1.807) is 6.08 Å². The van der Waals surface area contributed by atoms with Crippen LogP contribution in [0.5, 0.6) is 17.2 Å². The van der Waals surface area contributed by atoms with Crippen molar-refractivity contribution < 1.29 is 19.7 Å². The summed E-state index contributed by atoms with van der Waals surface area (Å²) in [5.41, 5.74) is 10.5. The van der Waals surface area contributed by atoms with Gasteiger partial charge in [-0.2, -0.15) is 0 Å². The number of ketones is 1. The molecule has 148 valence electrons. The lowest BCUT2D eigenvalue weighted by atomic mass is 9.97. The molecule has 0 atom stereocenters. The third kappa shape index (κ3) is 2.62. The van der Waals surface area contributed by atoms with E-state index in [9.17, 15) is 15.0 Å². The molecule has 0 unspecified atom stereocenters. The number of Topliss-reactive ketones (excluding diaryl/α,β-unsaturated/α-hetero) is 1. The molecule has 0 saturated heterocycles. The molecule has 6 heteroatoms. The van der Waals surface area contributed by atoms with E-state index in [0.29, 0.717) is 5.69 Å². The number of nitrogen functional groups attached to an aromatic ring is 1. The number of ether oxygens (including phenoxy) is 1. The Morgan fingerprint density at radius 3 is 2.60 bits per heavy atom. The van der Waals surface area contributed by atoms with Gasteiger partial charge in [0.2, 0.25) is 5.78 Å². The van der Waals surface area contributed by atoms with E-state index in [1.165, 1.54) is 6.07 Å². The molecule has 0 spiro atoms. The van der Waals surface area contributed by atoms with Crippen LogP contribution >= 0.6 is 0 Å². The Bertz CT molecular complexity index is 1380. The molecule has 4 N–H and O–H groups in total. The van der Waals surface area contributed by atoms with Crippen molar-refractivity contribution in [2.75, 3.05) is 5.73 Å². The zero-order valence-corrected chi connectivity index (χ0v) is 16.1. The van der Waals surface area contributed by atoms with Crippen LogP contribution in [0.1, 0.15) is 15.9 Å². The lowest BCUT2D eigenvalue weighted by Gasteiger charge is -2.09. The summed E-state index contributed by atoms with van der Waals surface area (Å²) in [6.45, 7) is 0. The fraction of sp³-hybridized carbons (Fsp3) is 0.0417. The zero-order valence-electron chi connectivity index (χ0n) is 16.1. The van der Waals surface area contributed by atoms with Gasteiger partial charge in [0.25, 0.3) is 0 Å². The van der Waals surface area contributed by atoms with Gasteiger partial charge in [0.15, 0.2) is 5.76 Å². The Labute approximate surface area is 172 Å². The Morgan fingerprint density at radius 2 is 1.80 bits per heavy atom. The molecule has 30 heavy (non-hydrogen) atoms. The highest BCUT2D eigenvalue weighted by Gasteiger charge is 2.31. The van der Waals surface area contributed by atoms with Crippen LogP contribution in [0.15, 0.2) is 66.6 Å². The molecule has 0 aliphatic carbocycles. The second-order valence-electron chi connectivity index (χ2n) is 7.26. The molecule has 3 aromatic carbocycles. The highest BCUT2D eigenvalue weighted by Crippen LogP contribution is 2.42. The molecule has 0 bridgehead atoms. The number of nitrogens with two attached hydrogens (primary N) is 1. The number of hydrogen-bond acceptors (Lipinski definition) is 5. The topological polar surface area (TPSA) is 97.7 Å². The minimum atomic E-state index is -0.434. The summed E-state index contributed by atoms with van der Waals surface area (Å²) in [6, 6.07) is 16.0. The minimum absolute atomic E-state index is 0.0480. The van der Waals surface area contributed by atoms with Crippen molar-refractivity contribution in [2.24, 2.45) is 7.05 Å².